The Bertz CT molecular complexity index is 137. The van der Waals surface area contributed by atoms with Crippen molar-refractivity contribution in [3.8, 4) is 0 Å². The average Bonchev–Trinajstić information content (AvgIpc) is 2.57. The topological polar surface area (TPSA) is 26.3 Å². The van der Waals surface area contributed by atoms with E-state index in [-0.39, 0.29) is 0 Å². The zero-order chi connectivity index (χ0) is 8.81. The smallest absolute Gasteiger partial charge is 0.132 e. The Labute approximate surface area is 74.3 Å². The Morgan fingerprint density at radius 3 is 3.00 bits per heavy atom. The summed E-state index contributed by atoms with van der Waals surface area (Å²) in [7, 11) is 0. The highest BCUT2D eigenvalue weighted by Crippen LogP contribution is 2.17. The quantitative estimate of drug-likeness (QED) is 0.633. The predicted octanol–water partition coefficient (Wildman–Crippen LogP) is 2.31. The van der Waals surface area contributed by atoms with Crippen molar-refractivity contribution in [1.82, 2.24) is 0 Å². The van der Waals surface area contributed by atoms with E-state index in [1.807, 2.05) is 6.92 Å². The molecule has 12 heavy (non-hydrogen) atoms. The summed E-state index contributed by atoms with van der Waals surface area (Å²) in [5.41, 5.74) is 0. The van der Waals surface area contributed by atoms with Crippen molar-refractivity contribution in [3.63, 3.8) is 0 Å². The minimum atomic E-state index is 0.382. The van der Waals surface area contributed by atoms with Gasteiger partial charge in [-0.2, -0.15) is 0 Å². The van der Waals surface area contributed by atoms with Crippen LogP contribution in [0.15, 0.2) is 0 Å². The van der Waals surface area contributed by atoms with Gasteiger partial charge in [0.25, 0.3) is 0 Å². The molecule has 1 rings (SSSR count). The molecule has 70 valence electrons. The van der Waals surface area contributed by atoms with Crippen LogP contribution in [0.1, 0.15) is 45.4 Å². The molecule has 0 bridgehead atoms. The third kappa shape index (κ3) is 3.35. The summed E-state index contributed by atoms with van der Waals surface area (Å²) in [6, 6.07) is 0. The third-order valence-electron chi connectivity index (χ3n) is 2.40. The van der Waals surface area contributed by atoms with Crippen LogP contribution in [0.5, 0.6) is 0 Å². The Morgan fingerprint density at radius 2 is 2.42 bits per heavy atom. The summed E-state index contributed by atoms with van der Waals surface area (Å²) in [6.07, 6.45) is 6.37. The Kier molecular flexibility index (Phi) is 4.30. The average molecular weight is 170 g/mol. The molecule has 1 aliphatic rings. The monoisotopic (exact) mass is 170 g/mol. The molecule has 0 aromatic heterocycles. The fraction of sp³-hybridized carbons (Fsp3) is 0.900. The van der Waals surface area contributed by atoms with Crippen LogP contribution >= 0.6 is 0 Å². The Balaban J connectivity index is 1.97. The van der Waals surface area contributed by atoms with Crippen molar-refractivity contribution < 1.29 is 9.53 Å². The molecule has 0 aromatic rings. The molecule has 1 heterocycles. The second-order valence-electron chi connectivity index (χ2n) is 3.42. The number of hydrogen-bond donors (Lipinski definition) is 0. The van der Waals surface area contributed by atoms with Gasteiger partial charge in [-0.05, 0) is 25.7 Å². The first-order chi connectivity index (χ1) is 5.83. The molecule has 1 atom stereocenters. The number of carbonyl (C=O) groups is 1. The van der Waals surface area contributed by atoms with Crippen molar-refractivity contribution in [3.05, 3.63) is 0 Å². The second kappa shape index (κ2) is 5.31. The first-order valence-electron chi connectivity index (χ1n) is 4.96. The molecule has 0 aliphatic carbocycles. The molecule has 2 heteroatoms. The van der Waals surface area contributed by atoms with Gasteiger partial charge in [0.15, 0.2) is 0 Å². The van der Waals surface area contributed by atoms with Crippen LogP contribution in [-0.2, 0) is 9.53 Å². The lowest BCUT2D eigenvalue weighted by molar-refractivity contribution is -0.118. The van der Waals surface area contributed by atoms with E-state index in [1.54, 1.807) is 0 Å². The largest absolute Gasteiger partial charge is 0.378 e. The molecule has 1 aliphatic heterocycles. The van der Waals surface area contributed by atoms with E-state index in [0.717, 1.165) is 25.9 Å². The van der Waals surface area contributed by atoms with E-state index in [9.17, 15) is 4.79 Å². The fourth-order valence-corrected chi connectivity index (χ4v) is 1.58. The molecule has 0 N–H and O–H groups in total. The van der Waals surface area contributed by atoms with Crippen LogP contribution in [-0.4, -0.2) is 18.5 Å². The third-order valence-corrected chi connectivity index (χ3v) is 2.40. The standard InChI is InChI=1S/C10H18O2/c1-2-9(11)5-3-6-10-7-4-8-12-10/h10H,2-8H2,1H3. The number of ketones is 1. The number of hydrogen-bond acceptors (Lipinski definition) is 2. The van der Waals surface area contributed by atoms with Crippen molar-refractivity contribution in [1.29, 1.82) is 0 Å². The zero-order valence-corrected chi connectivity index (χ0v) is 7.84. The van der Waals surface area contributed by atoms with Gasteiger partial charge in [0.1, 0.15) is 5.78 Å². The van der Waals surface area contributed by atoms with Gasteiger partial charge < -0.3 is 4.74 Å². The van der Waals surface area contributed by atoms with E-state index in [2.05, 4.69) is 0 Å². The molecule has 1 saturated heterocycles. The minimum Gasteiger partial charge on any atom is -0.378 e. The predicted molar refractivity (Wildman–Crippen MR) is 48.1 cm³/mol. The molecular weight excluding hydrogens is 152 g/mol. The van der Waals surface area contributed by atoms with E-state index >= 15 is 0 Å². The summed E-state index contributed by atoms with van der Waals surface area (Å²) in [5.74, 6) is 0.382. The Morgan fingerprint density at radius 1 is 1.58 bits per heavy atom. The van der Waals surface area contributed by atoms with E-state index < -0.39 is 0 Å². The second-order valence-corrected chi connectivity index (χ2v) is 3.42. The highest BCUT2D eigenvalue weighted by molar-refractivity contribution is 5.77. The van der Waals surface area contributed by atoms with Gasteiger partial charge in [-0.3, -0.25) is 4.79 Å². The highest BCUT2D eigenvalue weighted by Gasteiger charge is 2.14. The normalized spacial score (nSPS) is 22.9. The molecule has 0 amide bonds. The van der Waals surface area contributed by atoms with E-state index in [1.165, 1.54) is 12.8 Å². The molecular formula is C10H18O2. The summed E-state index contributed by atoms with van der Waals surface area (Å²) < 4.78 is 5.46. The summed E-state index contributed by atoms with van der Waals surface area (Å²) in [4.78, 5) is 10.9. The lowest BCUT2D eigenvalue weighted by Gasteiger charge is -2.07. The van der Waals surface area contributed by atoms with Crippen LogP contribution in [0.2, 0.25) is 0 Å². The maximum Gasteiger partial charge on any atom is 0.132 e. The Hall–Kier alpha value is -0.370. The summed E-state index contributed by atoms with van der Waals surface area (Å²) in [5, 5.41) is 0. The maximum atomic E-state index is 10.9. The molecule has 2 nitrogen and oxygen atoms in total. The first kappa shape index (κ1) is 9.72. The van der Waals surface area contributed by atoms with Gasteiger partial charge in [-0.25, -0.2) is 0 Å². The van der Waals surface area contributed by atoms with Crippen LogP contribution in [0.4, 0.5) is 0 Å². The minimum absolute atomic E-state index is 0.382. The highest BCUT2D eigenvalue weighted by atomic mass is 16.5. The number of ether oxygens (including phenoxy) is 1. The van der Waals surface area contributed by atoms with Crippen molar-refractivity contribution >= 4 is 5.78 Å². The van der Waals surface area contributed by atoms with Gasteiger partial charge in [0.05, 0.1) is 6.10 Å². The van der Waals surface area contributed by atoms with E-state index in [0.29, 0.717) is 18.3 Å². The molecule has 0 saturated carbocycles. The molecule has 0 spiro atoms. The maximum absolute atomic E-state index is 10.9. The van der Waals surface area contributed by atoms with Gasteiger partial charge >= 0.3 is 0 Å². The fourth-order valence-electron chi connectivity index (χ4n) is 1.58. The van der Waals surface area contributed by atoms with E-state index in [4.69, 9.17) is 4.74 Å². The van der Waals surface area contributed by atoms with Crippen molar-refractivity contribution in [2.24, 2.45) is 0 Å². The van der Waals surface area contributed by atoms with Crippen LogP contribution in [0.25, 0.3) is 0 Å². The SMILES string of the molecule is CCC(=O)CCCC1CCCO1. The number of carbonyl (C=O) groups excluding carboxylic acids is 1. The van der Waals surface area contributed by atoms with Gasteiger partial charge in [0, 0.05) is 19.4 Å². The van der Waals surface area contributed by atoms with Crippen LogP contribution in [0.3, 0.4) is 0 Å². The summed E-state index contributed by atoms with van der Waals surface area (Å²) >= 11 is 0. The van der Waals surface area contributed by atoms with Gasteiger partial charge in [-0.15, -0.1) is 0 Å². The molecule has 0 aromatic carbocycles. The van der Waals surface area contributed by atoms with Crippen LogP contribution in [0, 0.1) is 0 Å². The summed E-state index contributed by atoms with van der Waals surface area (Å²) in [6.45, 7) is 2.85. The first-order valence-corrected chi connectivity index (χ1v) is 4.96. The number of Topliss-reactive ketones (excluding diaryl/α,β-unsaturated/α-hetero) is 1. The molecule has 0 radical (unpaired) electrons. The van der Waals surface area contributed by atoms with Crippen molar-refractivity contribution in [2.75, 3.05) is 6.61 Å². The lowest BCUT2D eigenvalue weighted by atomic mass is 10.1. The van der Waals surface area contributed by atoms with Crippen molar-refractivity contribution in [2.45, 2.75) is 51.6 Å². The molecule has 1 fully saturated rings. The van der Waals surface area contributed by atoms with Gasteiger partial charge in [-0.1, -0.05) is 6.92 Å². The van der Waals surface area contributed by atoms with Crippen LogP contribution < -0.4 is 0 Å². The zero-order valence-electron chi connectivity index (χ0n) is 7.84. The van der Waals surface area contributed by atoms with Gasteiger partial charge in [0.2, 0.25) is 0 Å². The number of rotatable bonds is 5. The lowest BCUT2D eigenvalue weighted by Crippen LogP contribution is -2.05. The molecule has 1 unspecified atom stereocenters.